The van der Waals surface area contributed by atoms with Gasteiger partial charge < -0.3 is 13.7 Å². The highest BCUT2D eigenvalue weighted by Gasteiger charge is 2.18. The quantitative estimate of drug-likeness (QED) is 0.151. The van der Waals surface area contributed by atoms with Crippen molar-refractivity contribution in [3.63, 3.8) is 0 Å². The van der Waals surface area contributed by atoms with E-state index in [1.807, 2.05) is 0 Å². The normalized spacial score (nSPS) is 12.9. The molecule has 0 atom stereocenters. The van der Waals surface area contributed by atoms with Crippen LogP contribution in [0.1, 0.15) is 17.5 Å². The van der Waals surface area contributed by atoms with E-state index in [-0.39, 0.29) is 0 Å². The zero-order chi connectivity index (χ0) is 48.7. The van der Waals surface area contributed by atoms with E-state index in [4.69, 9.17) is 0 Å². The van der Waals surface area contributed by atoms with Gasteiger partial charge in [-0.1, -0.05) is 176 Å². The summed E-state index contributed by atoms with van der Waals surface area (Å²) in [4.78, 5) is 0. The van der Waals surface area contributed by atoms with Crippen molar-refractivity contribution in [2.24, 2.45) is 0 Å². The van der Waals surface area contributed by atoms with Gasteiger partial charge in [-0.15, -0.1) is 0 Å². The molecule has 0 saturated carbocycles. The second kappa shape index (κ2) is 17.0. The molecule has 3 heteroatoms. The van der Waals surface area contributed by atoms with Crippen molar-refractivity contribution in [3.8, 4) is 39.3 Å². The van der Waals surface area contributed by atoms with Crippen molar-refractivity contribution in [2.75, 3.05) is 0 Å². The van der Waals surface area contributed by atoms with Crippen molar-refractivity contribution < 1.29 is 0 Å². The van der Waals surface area contributed by atoms with Gasteiger partial charge in [-0.25, -0.2) is 0 Å². The highest BCUT2D eigenvalue weighted by atomic mass is 15.0. The van der Waals surface area contributed by atoms with Crippen molar-refractivity contribution in [2.45, 2.75) is 6.42 Å². The Balaban J connectivity index is 0.796. The van der Waals surface area contributed by atoms with Crippen LogP contribution >= 0.6 is 0 Å². The number of benzene rings is 11. The van der Waals surface area contributed by atoms with E-state index < -0.39 is 0 Å². The molecule has 0 spiro atoms. The first-order valence-electron chi connectivity index (χ1n) is 25.6. The summed E-state index contributed by atoms with van der Waals surface area (Å²) in [5, 5.41) is 9.98. The van der Waals surface area contributed by atoms with Crippen LogP contribution in [-0.4, -0.2) is 13.7 Å². The Kier molecular flexibility index (Phi) is 9.64. The van der Waals surface area contributed by atoms with E-state index in [9.17, 15) is 0 Å². The molecule has 0 N–H and O–H groups in total. The average Bonchev–Trinajstić information content (AvgIpc) is 4.02. The molecule has 1 aliphatic rings. The maximum Gasteiger partial charge on any atom is 0.0541 e. The molecule has 15 rings (SSSR count). The summed E-state index contributed by atoms with van der Waals surface area (Å²) in [6, 6.07) is 91.4. The van der Waals surface area contributed by atoms with E-state index in [1.54, 1.807) is 0 Å². The number of nitrogens with zero attached hydrogens (tertiary/aromatic N) is 3. The van der Waals surface area contributed by atoms with E-state index in [1.165, 1.54) is 132 Å². The molecular formula is C71H47N3. The number of para-hydroxylation sites is 4. The van der Waals surface area contributed by atoms with Gasteiger partial charge in [0.15, 0.2) is 0 Å². The van der Waals surface area contributed by atoms with Crippen LogP contribution in [0.5, 0.6) is 0 Å². The van der Waals surface area contributed by atoms with Gasteiger partial charge in [-0.2, -0.15) is 0 Å². The fraction of sp³-hybridized carbons (Fsp3) is 0.0141. The minimum atomic E-state index is 0.837. The number of hydrogen-bond donors (Lipinski definition) is 0. The molecule has 0 amide bonds. The topological polar surface area (TPSA) is 14.8 Å². The Bertz CT molecular complexity index is 4650. The van der Waals surface area contributed by atoms with E-state index in [2.05, 4.69) is 287 Å². The van der Waals surface area contributed by atoms with Crippen LogP contribution in [0.3, 0.4) is 0 Å². The minimum Gasteiger partial charge on any atom is -0.309 e. The summed E-state index contributed by atoms with van der Waals surface area (Å²) in [7, 11) is 0. The van der Waals surface area contributed by atoms with Gasteiger partial charge in [0.2, 0.25) is 0 Å². The van der Waals surface area contributed by atoms with Gasteiger partial charge in [0.05, 0.1) is 33.1 Å². The SMILES string of the molecule is C1=CC(c2ccc3c(c2)c2cc(-c4ccc(-c5ccc6c(c5)c5ccccc5n6-c5ccccc5)cc4)ccc2n3-c2ccc3ccccc3c2)=CCC=C1c1ccc2c(c1)c1ccccc1n2-c1ccccc1. The van der Waals surface area contributed by atoms with Crippen LogP contribution in [-0.2, 0) is 0 Å². The van der Waals surface area contributed by atoms with Crippen LogP contribution in [0, 0.1) is 0 Å². The fourth-order valence-corrected chi connectivity index (χ4v) is 11.9. The molecule has 0 aliphatic heterocycles. The maximum absolute atomic E-state index is 2.45. The first-order valence-corrected chi connectivity index (χ1v) is 25.6. The number of rotatable bonds is 7. The monoisotopic (exact) mass is 941 g/mol. The zero-order valence-electron chi connectivity index (χ0n) is 40.5. The maximum atomic E-state index is 2.45. The van der Waals surface area contributed by atoms with E-state index in [0.29, 0.717) is 0 Å². The first-order chi connectivity index (χ1) is 36.7. The summed E-state index contributed by atoms with van der Waals surface area (Å²) in [6.07, 6.45) is 10.2. The van der Waals surface area contributed by atoms with E-state index in [0.717, 1.165) is 12.1 Å². The summed E-state index contributed by atoms with van der Waals surface area (Å²) < 4.78 is 7.20. The van der Waals surface area contributed by atoms with Crippen molar-refractivity contribution in [3.05, 3.63) is 284 Å². The molecule has 11 aromatic carbocycles. The molecular weight excluding hydrogens is 895 g/mol. The van der Waals surface area contributed by atoms with Crippen LogP contribution < -0.4 is 0 Å². The molecule has 0 bridgehead atoms. The molecule has 74 heavy (non-hydrogen) atoms. The van der Waals surface area contributed by atoms with Crippen LogP contribution in [0.2, 0.25) is 0 Å². The number of aromatic nitrogens is 3. The lowest BCUT2D eigenvalue weighted by molar-refractivity contribution is 1.18. The largest absolute Gasteiger partial charge is 0.309 e. The molecule has 0 fully saturated rings. The molecule has 3 heterocycles. The van der Waals surface area contributed by atoms with Gasteiger partial charge in [0.1, 0.15) is 0 Å². The second-order valence-corrected chi connectivity index (χ2v) is 19.6. The number of hydrogen-bond acceptors (Lipinski definition) is 0. The lowest BCUT2D eigenvalue weighted by atomic mass is 9.97. The summed E-state index contributed by atoms with van der Waals surface area (Å²) in [5.41, 5.74) is 20.4. The predicted octanol–water partition coefficient (Wildman–Crippen LogP) is 18.9. The average molecular weight is 942 g/mol. The van der Waals surface area contributed by atoms with E-state index >= 15 is 0 Å². The van der Waals surface area contributed by atoms with Gasteiger partial charge >= 0.3 is 0 Å². The Hall–Kier alpha value is -9.70. The zero-order valence-corrected chi connectivity index (χ0v) is 40.5. The van der Waals surface area contributed by atoms with Gasteiger partial charge in [0, 0.05) is 49.4 Å². The second-order valence-electron chi connectivity index (χ2n) is 19.6. The van der Waals surface area contributed by atoms with Crippen LogP contribution in [0.4, 0.5) is 0 Å². The van der Waals surface area contributed by atoms with Crippen LogP contribution in [0.25, 0.3) is 127 Å². The molecule has 14 aromatic rings. The molecule has 1 aliphatic carbocycles. The van der Waals surface area contributed by atoms with Gasteiger partial charge in [0.25, 0.3) is 0 Å². The fourth-order valence-electron chi connectivity index (χ4n) is 11.9. The molecule has 3 aromatic heterocycles. The highest BCUT2D eigenvalue weighted by Crippen LogP contribution is 2.41. The van der Waals surface area contributed by atoms with Crippen molar-refractivity contribution >= 4 is 87.3 Å². The molecule has 0 unspecified atom stereocenters. The highest BCUT2D eigenvalue weighted by molar-refractivity contribution is 6.13. The summed E-state index contributed by atoms with van der Waals surface area (Å²) in [5.74, 6) is 0. The third kappa shape index (κ3) is 6.82. The smallest absolute Gasteiger partial charge is 0.0541 e. The third-order valence-corrected chi connectivity index (χ3v) is 15.5. The summed E-state index contributed by atoms with van der Waals surface area (Å²) in [6.45, 7) is 0. The summed E-state index contributed by atoms with van der Waals surface area (Å²) >= 11 is 0. The minimum absolute atomic E-state index is 0.837. The molecule has 0 radical (unpaired) electrons. The molecule has 346 valence electrons. The number of allylic oxidation sites excluding steroid dienone is 6. The number of fused-ring (bicyclic) bond motifs is 10. The van der Waals surface area contributed by atoms with Crippen molar-refractivity contribution in [1.29, 1.82) is 0 Å². The lowest BCUT2D eigenvalue weighted by Gasteiger charge is -2.10. The van der Waals surface area contributed by atoms with Crippen molar-refractivity contribution in [1.82, 2.24) is 13.7 Å². The van der Waals surface area contributed by atoms with Gasteiger partial charge in [-0.05, 0) is 159 Å². The third-order valence-electron chi connectivity index (χ3n) is 15.5. The first kappa shape index (κ1) is 42.0. The Morgan fingerprint density at radius 3 is 1.09 bits per heavy atom. The Morgan fingerprint density at radius 1 is 0.230 bits per heavy atom. The standard InChI is InChI=1S/C71H47N3/c1-3-18-57(19-4-1)72-66-24-11-9-22-60(66)62-43-53(33-38-68(62)72)48-16-13-17-49(27-26-48)54-34-40-70-64(45-54)65-46-56(36-41-71(65)74(70)59-37-32-47-14-7-8-15-52(47)42-59)51-30-28-50(29-31-51)55-35-39-69-63(44-55)61-23-10-12-25-67(61)73(69)58-20-5-2-6-21-58/h1-12,14-46H,13H2. The molecule has 0 saturated heterocycles. The predicted molar refractivity (Wildman–Crippen MR) is 314 cm³/mol. The Labute approximate surface area is 428 Å². The molecule has 3 nitrogen and oxygen atoms in total. The lowest BCUT2D eigenvalue weighted by Crippen LogP contribution is -1.94. The Morgan fingerprint density at radius 2 is 0.595 bits per heavy atom. The van der Waals surface area contributed by atoms with Gasteiger partial charge in [-0.3, -0.25) is 0 Å². The van der Waals surface area contributed by atoms with Crippen LogP contribution in [0.15, 0.2) is 273 Å².